The van der Waals surface area contributed by atoms with Crippen molar-refractivity contribution in [3.63, 3.8) is 0 Å². The van der Waals surface area contributed by atoms with Gasteiger partial charge in [-0.05, 0) is 38.5 Å². The molecule has 2 nitrogen and oxygen atoms in total. The minimum Gasteiger partial charge on any atom is -0.316 e. The summed E-state index contributed by atoms with van der Waals surface area (Å²) in [5.41, 5.74) is 0. The van der Waals surface area contributed by atoms with Crippen LogP contribution in [0, 0.1) is 5.92 Å². The third-order valence-electron chi connectivity index (χ3n) is 1.69. The lowest BCUT2D eigenvalue weighted by Crippen LogP contribution is -2.35. The highest BCUT2D eigenvalue weighted by atomic mass is 14.9. The molecule has 1 fully saturated rings. The molecule has 2 N–H and O–H groups in total. The highest BCUT2D eigenvalue weighted by Crippen LogP contribution is 1.92. The summed E-state index contributed by atoms with van der Waals surface area (Å²) >= 11 is 0. The molecular formula is C7H16N2. The third-order valence-corrected chi connectivity index (χ3v) is 1.69. The van der Waals surface area contributed by atoms with Crippen LogP contribution in [0.1, 0.15) is 13.3 Å². The van der Waals surface area contributed by atoms with Crippen LogP contribution in [-0.4, -0.2) is 26.2 Å². The van der Waals surface area contributed by atoms with Gasteiger partial charge < -0.3 is 10.6 Å². The maximum absolute atomic E-state index is 3.40. The Labute approximate surface area is 57.0 Å². The van der Waals surface area contributed by atoms with Crippen molar-refractivity contribution in [2.24, 2.45) is 5.92 Å². The van der Waals surface area contributed by atoms with E-state index >= 15 is 0 Å². The molecule has 1 saturated heterocycles. The summed E-state index contributed by atoms with van der Waals surface area (Å²) in [5.74, 6) is 0.797. The van der Waals surface area contributed by atoms with Gasteiger partial charge in [0, 0.05) is 0 Å². The third kappa shape index (κ3) is 2.82. The zero-order valence-electron chi connectivity index (χ0n) is 6.11. The first-order valence-corrected chi connectivity index (χ1v) is 3.81. The second-order valence-corrected chi connectivity index (χ2v) is 2.87. The van der Waals surface area contributed by atoms with Gasteiger partial charge >= 0.3 is 0 Å². The topological polar surface area (TPSA) is 24.1 Å². The number of nitrogens with one attached hydrogen (secondary N) is 2. The SMILES string of the molecule is CC1CNCCCNC1. The molecule has 0 bridgehead atoms. The molecule has 0 aromatic carbocycles. The monoisotopic (exact) mass is 128 g/mol. The molecule has 0 amide bonds. The smallest absolute Gasteiger partial charge is 0.00110 e. The number of hydrogen-bond donors (Lipinski definition) is 2. The second kappa shape index (κ2) is 3.85. The Kier molecular flexibility index (Phi) is 3.01. The van der Waals surface area contributed by atoms with Crippen LogP contribution in [0.3, 0.4) is 0 Å². The fraction of sp³-hybridized carbons (Fsp3) is 1.00. The summed E-state index contributed by atoms with van der Waals surface area (Å²) in [6.07, 6.45) is 1.27. The van der Waals surface area contributed by atoms with Crippen LogP contribution >= 0.6 is 0 Å². The Morgan fingerprint density at radius 3 is 2.22 bits per heavy atom. The second-order valence-electron chi connectivity index (χ2n) is 2.87. The van der Waals surface area contributed by atoms with E-state index in [1.165, 1.54) is 32.6 Å². The molecule has 0 aliphatic carbocycles. The van der Waals surface area contributed by atoms with E-state index in [4.69, 9.17) is 0 Å². The van der Waals surface area contributed by atoms with Gasteiger partial charge in [-0.1, -0.05) is 6.92 Å². The molecule has 0 radical (unpaired) electrons. The first-order chi connectivity index (χ1) is 4.39. The Morgan fingerprint density at radius 1 is 1.11 bits per heavy atom. The van der Waals surface area contributed by atoms with Gasteiger partial charge in [0.25, 0.3) is 0 Å². The molecule has 1 aliphatic heterocycles. The maximum atomic E-state index is 3.40. The van der Waals surface area contributed by atoms with Crippen LogP contribution in [0.2, 0.25) is 0 Å². The minimum atomic E-state index is 0.797. The average molecular weight is 128 g/mol. The van der Waals surface area contributed by atoms with E-state index in [0.29, 0.717) is 0 Å². The van der Waals surface area contributed by atoms with Crippen molar-refractivity contribution in [3.8, 4) is 0 Å². The Hall–Kier alpha value is -0.0800. The van der Waals surface area contributed by atoms with E-state index in [9.17, 15) is 0 Å². The predicted molar refractivity (Wildman–Crippen MR) is 39.5 cm³/mol. The minimum absolute atomic E-state index is 0.797. The number of rotatable bonds is 0. The van der Waals surface area contributed by atoms with E-state index in [1.807, 2.05) is 0 Å². The Balaban J connectivity index is 2.12. The largest absolute Gasteiger partial charge is 0.316 e. The summed E-state index contributed by atoms with van der Waals surface area (Å²) in [5, 5.41) is 6.79. The van der Waals surface area contributed by atoms with Gasteiger partial charge in [0.05, 0.1) is 0 Å². The first-order valence-electron chi connectivity index (χ1n) is 3.81. The molecule has 0 atom stereocenters. The van der Waals surface area contributed by atoms with Crippen LogP contribution in [-0.2, 0) is 0 Å². The van der Waals surface area contributed by atoms with Crippen LogP contribution in [0.4, 0.5) is 0 Å². The molecule has 1 rings (SSSR count). The quantitative estimate of drug-likeness (QED) is 0.487. The first kappa shape index (κ1) is 7.03. The zero-order valence-corrected chi connectivity index (χ0v) is 6.11. The van der Waals surface area contributed by atoms with Gasteiger partial charge in [-0.3, -0.25) is 0 Å². The van der Waals surface area contributed by atoms with Crippen molar-refractivity contribution in [1.29, 1.82) is 0 Å². The van der Waals surface area contributed by atoms with Crippen molar-refractivity contribution >= 4 is 0 Å². The predicted octanol–water partition coefficient (Wildman–Crippen LogP) is 0.205. The summed E-state index contributed by atoms with van der Waals surface area (Å²) in [6, 6.07) is 0. The van der Waals surface area contributed by atoms with Gasteiger partial charge in [0.15, 0.2) is 0 Å². The fourth-order valence-electron chi connectivity index (χ4n) is 1.11. The van der Waals surface area contributed by atoms with Crippen LogP contribution in [0.15, 0.2) is 0 Å². The molecule has 0 spiro atoms. The highest BCUT2D eigenvalue weighted by Gasteiger charge is 2.02. The lowest BCUT2D eigenvalue weighted by atomic mass is 10.1. The Morgan fingerprint density at radius 2 is 1.67 bits per heavy atom. The lowest BCUT2D eigenvalue weighted by molar-refractivity contribution is 0.435. The molecule has 0 aromatic rings. The number of hydrogen-bond acceptors (Lipinski definition) is 2. The summed E-state index contributed by atoms with van der Waals surface area (Å²) < 4.78 is 0. The average Bonchev–Trinajstić information content (AvgIpc) is 1.79. The van der Waals surface area contributed by atoms with E-state index in [2.05, 4.69) is 17.6 Å². The summed E-state index contributed by atoms with van der Waals surface area (Å²) in [7, 11) is 0. The molecular weight excluding hydrogens is 112 g/mol. The molecule has 9 heavy (non-hydrogen) atoms. The van der Waals surface area contributed by atoms with Crippen LogP contribution < -0.4 is 10.6 Å². The summed E-state index contributed by atoms with van der Waals surface area (Å²) in [4.78, 5) is 0. The fourth-order valence-corrected chi connectivity index (χ4v) is 1.11. The van der Waals surface area contributed by atoms with Gasteiger partial charge in [-0.2, -0.15) is 0 Å². The van der Waals surface area contributed by atoms with Gasteiger partial charge in [0.2, 0.25) is 0 Å². The van der Waals surface area contributed by atoms with E-state index < -0.39 is 0 Å². The van der Waals surface area contributed by atoms with Crippen molar-refractivity contribution < 1.29 is 0 Å². The summed E-state index contributed by atoms with van der Waals surface area (Å²) in [6.45, 7) is 6.97. The highest BCUT2D eigenvalue weighted by molar-refractivity contribution is 4.64. The maximum Gasteiger partial charge on any atom is -0.00110 e. The van der Waals surface area contributed by atoms with Crippen molar-refractivity contribution in [3.05, 3.63) is 0 Å². The van der Waals surface area contributed by atoms with E-state index in [1.54, 1.807) is 0 Å². The van der Waals surface area contributed by atoms with Gasteiger partial charge in [-0.15, -0.1) is 0 Å². The van der Waals surface area contributed by atoms with E-state index in [0.717, 1.165) is 5.92 Å². The molecule has 0 aromatic heterocycles. The Bertz CT molecular complexity index is 65.3. The van der Waals surface area contributed by atoms with Crippen molar-refractivity contribution in [1.82, 2.24) is 10.6 Å². The molecule has 1 heterocycles. The van der Waals surface area contributed by atoms with Crippen molar-refractivity contribution in [2.45, 2.75) is 13.3 Å². The van der Waals surface area contributed by atoms with Crippen LogP contribution in [0.5, 0.6) is 0 Å². The van der Waals surface area contributed by atoms with Crippen LogP contribution in [0.25, 0.3) is 0 Å². The molecule has 0 saturated carbocycles. The lowest BCUT2D eigenvalue weighted by Gasteiger charge is -2.16. The normalized spacial score (nSPS) is 25.0. The molecule has 0 unspecified atom stereocenters. The zero-order chi connectivity index (χ0) is 6.53. The van der Waals surface area contributed by atoms with Crippen molar-refractivity contribution in [2.75, 3.05) is 26.2 Å². The molecule has 54 valence electrons. The van der Waals surface area contributed by atoms with Gasteiger partial charge in [-0.25, -0.2) is 0 Å². The molecule has 2 heteroatoms. The molecule has 1 aliphatic rings. The van der Waals surface area contributed by atoms with Gasteiger partial charge in [0.1, 0.15) is 0 Å². The van der Waals surface area contributed by atoms with E-state index in [-0.39, 0.29) is 0 Å². The standard InChI is InChI=1S/C7H16N2/c1-7-5-8-3-2-4-9-6-7/h7-9H,2-6H2,1H3.